The van der Waals surface area contributed by atoms with Crippen molar-refractivity contribution in [1.82, 2.24) is 4.98 Å². The molecular weight excluding hydrogens is 218 g/mol. The third-order valence-electron chi connectivity index (χ3n) is 2.74. The van der Waals surface area contributed by atoms with Crippen molar-refractivity contribution in [3.8, 4) is 0 Å². The van der Waals surface area contributed by atoms with Gasteiger partial charge in [-0.15, -0.1) is 0 Å². The minimum Gasteiger partial charge on any atom is -0.381 e. The fourth-order valence-corrected chi connectivity index (χ4v) is 1.71. The number of hydrogen-bond donors (Lipinski definition) is 1. The lowest BCUT2D eigenvalue weighted by Gasteiger charge is -2.13. The van der Waals surface area contributed by atoms with E-state index >= 15 is 0 Å². The maximum atomic E-state index is 11.9. The molecule has 1 saturated heterocycles. The molecule has 0 spiro atoms. The molecule has 2 rings (SSSR count). The van der Waals surface area contributed by atoms with Crippen LogP contribution < -0.4 is 10.2 Å². The number of anilines is 2. The summed E-state index contributed by atoms with van der Waals surface area (Å²) in [5.74, 6) is 1.37. The van der Waals surface area contributed by atoms with Gasteiger partial charge >= 0.3 is 0 Å². The van der Waals surface area contributed by atoms with Crippen molar-refractivity contribution in [2.45, 2.75) is 6.42 Å². The van der Waals surface area contributed by atoms with E-state index in [-0.39, 0.29) is 11.8 Å². The smallest absolute Gasteiger partial charge is 0.231 e. The summed E-state index contributed by atoms with van der Waals surface area (Å²) in [5, 5.41) is 2.82. The standard InChI is InChI=1S/C12H17N3O2/c1-15(2)11-5-3-4-10(13-11)14-12(16)9-6-7-17-8-9/h3-5,9H,6-8H2,1-2H3,(H,13,14,16). The minimum atomic E-state index is -0.0418. The highest BCUT2D eigenvalue weighted by molar-refractivity contribution is 5.92. The molecule has 5 nitrogen and oxygen atoms in total. The lowest BCUT2D eigenvalue weighted by molar-refractivity contribution is -0.119. The number of carbonyl (C=O) groups excluding carboxylic acids is 1. The van der Waals surface area contributed by atoms with E-state index in [4.69, 9.17) is 4.74 Å². The summed E-state index contributed by atoms with van der Waals surface area (Å²) in [6.45, 7) is 1.18. The summed E-state index contributed by atoms with van der Waals surface area (Å²) >= 11 is 0. The molecule has 1 aliphatic rings. The average molecular weight is 235 g/mol. The number of pyridine rings is 1. The van der Waals surface area contributed by atoms with Crippen molar-refractivity contribution >= 4 is 17.5 Å². The molecule has 1 aromatic rings. The van der Waals surface area contributed by atoms with Gasteiger partial charge in [0, 0.05) is 20.7 Å². The minimum absolute atomic E-state index is 0.00842. The van der Waals surface area contributed by atoms with Crippen LogP contribution in [0.1, 0.15) is 6.42 Å². The highest BCUT2D eigenvalue weighted by Crippen LogP contribution is 2.16. The van der Waals surface area contributed by atoms with E-state index in [9.17, 15) is 4.79 Å². The third-order valence-corrected chi connectivity index (χ3v) is 2.74. The van der Waals surface area contributed by atoms with Crippen molar-refractivity contribution in [3.05, 3.63) is 18.2 Å². The summed E-state index contributed by atoms with van der Waals surface area (Å²) < 4.78 is 5.19. The van der Waals surface area contributed by atoms with Crippen molar-refractivity contribution in [1.29, 1.82) is 0 Å². The van der Waals surface area contributed by atoms with Crippen molar-refractivity contribution in [3.63, 3.8) is 0 Å². The quantitative estimate of drug-likeness (QED) is 0.853. The van der Waals surface area contributed by atoms with Crippen molar-refractivity contribution in [2.75, 3.05) is 37.5 Å². The van der Waals surface area contributed by atoms with Gasteiger partial charge in [0.05, 0.1) is 12.5 Å². The van der Waals surface area contributed by atoms with Gasteiger partial charge in [0.25, 0.3) is 0 Å². The van der Waals surface area contributed by atoms with E-state index in [0.29, 0.717) is 19.0 Å². The monoisotopic (exact) mass is 235 g/mol. The van der Waals surface area contributed by atoms with Crippen LogP contribution in [-0.4, -0.2) is 38.2 Å². The highest BCUT2D eigenvalue weighted by atomic mass is 16.5. The Hall–Kier alpha value is -1.62. The molecule has 92 valence electrons. The second kappa shape index (κ2) is 5.14. The van der Waals surface area contributed by atoms with E-state index in [1.54, 1.807) is 6.07 Å². The molecule has 1 atom stereocenters. The summed E-state index contributed by atoms with van der Waals surface area (Å²) in [6, 6.07) is 5.57. The predicted octanol–water partition coefficient (Wildman–Crippen LogP) is 1.12. The summed E-state index contributed by atoms with van der Waals surface area (Å²) in [4.78, 5) is 18.1. The van der Waals surface area contributed by atoms with Gasteiger partial charge in [-0.3, -0.25) is 4.79 Å². The maximum absolute atomic E-state index is 11.9. The van der Waals surface area contributed by atoms with Crippen LogP contribution in [0.5, 0.6) is 0 Å². The van der Waals surface area contributed by atoms with Crippen LogP contribution >= 0.6 is 0 Å². The van der Waals surface area contributed by atoms with Gasteiger partial charge in [-0.2, -0.15) is 0 Å². The van der Waals surface area contributed by atoms with Crippen LogP contribution in [0.3, 0.4) is 0 Å². The van der Waals surface area contributed by atoms with Crippen LogP contribution in [0.4, 0.5) is 11.6 Å². The Bertz CT molecular complexity index is 400. The third kappa shape index (κ3) is 2.94. The Morgan fingerprint density at radius 3 is 3.00 bits per heavy atom. The van der Waals surface area contributed by atoms with Crippen LogP contribution in [0.25, 0.3) is 0 Å². The van der Waals surface area contributed by atoms with E-state index < -0.39 is 0 Å². The fourth-order valence-electron chi connectivity index (χ4n) is 1.71. The Morgan fingerprint density at radius 1 is 1.53 bits per heavy atom. The normalized spacial score (nSPS) is 19.1. The second-order valence-electron chi connectivity index (χ2n) is 4.33. The van der Waals surface area contributed by atoms with Gasteiger partial charge < -0.3 is 15.0 Å². The molecule has 0 bridgehead atoms. The van der Waals surface area contributed by atoms with Gasteiger partial charge in [-0.25, -0.2) is 4.98 Å². The number of rotatable bonds is 3. The number of ether oxygens (including phenoxy) is 1. The zero-order valence-electron chi connectivity index (χ0n) is 10.1. The molecule has 0 saturated carbocycles. The zero-order valence-corrected chi connectivity index (χ0v) is 10.1. The molecule has 1 N–H and O–H groups in total. The molecule has 1 unspecified atom stereocenters. The van der Waals surface area contributed by atoms with Crippen molar-refractivity contribution in [2.24, 2.45) is 5.92 Å². The van der Waals surface area contributed by atoms with E-state index in [2.05, 4.69) is 10.3 Å². The van der Waals surface area contributed by atoms with Gasteiger partial charge in [0.15, 0.2) is 0 Å². The maximum Gasteiger partial charge on any atom is 0.231 e. The molecule has 2 heterocycles. The lowest BCUT2D eigenvalue weighted by atomic mass is 10.1. The Morgan fingerprint density at radius 2 is 2.35 bits per heavy atom. The highest BCUT2D eigenvalue weighted by Gasteiger charge is 2.23. The average Bonchev–Trinajstić information content (AvgIpc) is 2.82. The number of aromatic nitrogens is 1. The summed E-state index contributed by atoms with van der Waals surface area (Å²) in [7, 11) is 3.83. The van der Waals surface area contributed by atoms with Gasteiger partial charge in [-0.05, 0) is 18.6 Å². The predicted molar refractivity (Wildman–Crippen MR) is 66.1 cm³/mol. The molecule has 1 amide bonds. The van der Waals surface area contributed by atoms with E-state index in [0.717, 1.165) is 12.2 Å². The number of nitrogens with zero attached hydrogens (tertiary/aromatic N) is 2. The zero-order chi connectivity index (χ0) is 12.3. The number of hydrogen-bond acceptors (Lipinski definition) is 4. The Kier molecular flexibility index (Phi) is 3.58. The number of carbonyl (C=O) groups is 1. The van der Waals surface area contributed by atoms with Crippen LogP contribution in [0.2, 0.25) is 0 Å². The summed E-state index contributed by atoms with van der Waals surface area (Å²) in [5.41, 5.74) is 0. The van der Waals surface area contributed by atoms with Gasteiger partial charge in [-0.1, -0.05) is 6.07 Å². The van der Waals surface area contributed by atoms with Crippen molar-refractivity contribution < 1.29 is 9.53 Å². The number of amides is 1. The SMILES string of the molecule is CN(C)c1cccc(NC(=O)C2CCOC2)n1. The molecule has 5 heteroatoms. The van der Waals surface area contributed by atoms with Gasteiger partial charge in [0.2, 0.25) is 5.91 Å². The number of nitrogens with one attached hydrogen (secondary N) is 1. The molecule has 0 aliphatic carbocycles. The molecule has 0 aromatic carbocycles. The molecular formula is C12H17N3O2. The van der Waals surface area contributed by atoms with E-state index in [1.165, 1.54) is 0 Å². The molecule has 1 fully saturated rings. The first kappa shape index (κ1) is 11.9. The molecule has 0 radical (unpaired) electrons. The Labute approximate surface area is 101 Å². The topological polar surface area (TPSA) is 54.5 Å². The first-order valence-electron chi connectivity index (χ1n) is 5.70. The first-order valence-corrected chi connectivity index (χ1v) is 5.70. The van der Waals surface area contributed by atoms with E-state index in [1.807, 2.05) is 31.1 Å². The van der Waals surface area contributed by atoms with Crippen LogP contribution in [0.15, 0.2) is 18.2 Å². The molecule has 1 aromatic heterocycles. The fraction of sp³-hybridized carbons (Fsp3) is 0.500. The van der Waals surface area contributed by atoms with Crippen LogP contribution in [0, 0.1) is 5.92 Å². The largest absolute Gasteiger partial charge is 0.381 e. The molecule has 17 heavy (non-hydrogen) atoms. The molecule has 1 aliphatic heterocycles. The van der Waals surface area contributed by atoms with Gasteiger partial charge in [0.1, 0.15) is 11.6 Å². The summed E-state index contributed by atoms with van der Waals surface area (Å²) in [6.07, 6.45) is 0.791. The Balaban J connectivity index is 2.02. The lowest BCUT2D eigenvalue weighted by Crippen LogP contribution is -2.23. The first-order chi connectivity index (χ1) is 8.16. The van der Waals surface area contributed by atoms with Crippen LogP contribution in [-0.2, 0) is 9.53 Å². The second-order valence-corrected chi connectivity index (χ2v) is 4.33.